The first kappa shape index (κ1) is 15.1. The number of aromatic nitrogens is 1. The summed E-state index contributed by atoms with van der Waals surface area (Å²) in [7, 11) is 0. The van der Waals surface area contributed by atoms with E-state index in [1.807, 2.05) is 0 Å². The minimum atomic E-state index is 0.419. The Morgan fingerprint density at radius 2 is 1.89 bits per heavy atom. The van der Waals surface area contributed by atoms with Crippen LogP contribution in [0, 0.1) is 0 Å². The van der Waals surface area contributed by atoms with Gasteiger partial charge in [-0.2, -0.15) is 0 Å². The molecule has 0 atom stereocenters. The van der Waals surface area contributed by atoms with Gasteiger partial charge in [-0.3, -0.25) is 4.90 Å². The second-order valence-corrected chi connectivity index (χ2v) is 5.35. The van der Waals surface area contributed by atoms with Crippen LogP contribution in [0.5, 0.6) is 0 Å². The lowest BCUT2D eigenvalue weighted by Crippen LogP contribution is -2.40. The van der Waals surface area contributed by atoms with Gasteiger partial charge >= 0.3 is 0 Å². The van der Waals surface area contributed by atoms with E-state index in [1.165, 1.54) is 0 Å². The molecule has 1 aromatic rings. The van der Waals surface area contributed by atoms with Crippen molar-refractivity contribution in [3.8, 4) is 0 Å². The van der Waals surface area contributed by atoms with E-state index in [-0.39, 0.29) is 0 Å². The summed E-state index contributed by atoms with van der Waals surface area (Å²) in [6.45, 7) is 10.6. The average Bonchev–Trinajstić information content (AvgIpc) is 2.21. The first-order valence-electron chi connectivity index (χ1n) is 6.33. The highest BCUT2D eigenvalue weighted by Crippen LogP contribution is 2.15. The molecule has 0 amide bonds. The van der Waals surface area contributed by atoms with Crippen LogP contribution >= 0.6 is 11.6 Å². The fourth-order valence-electron chi connectivity index (χ4n) is 2.03. The zero-order chi connectivity index (χ0) is 13.7. The Kier molecular flexibility index (Phi) is 5.69. The molecule has 5 heteroatoms. The highest BCUT2D eigenvalue weighted by Gasteiger charge is 2.12. The van der Waals surface area contributed by atoms with Gasteiger partial charge in [-0.25, -0.2) is 4.98 Å². The second kappa shape index (κ2) is 6.81. The molecule has 0 unspecified atom stereocenters. The molecule has 0 aliphatic carbocycles. The maximum absolute atomic E-state index is 5.85. The van der Waals surface area contributed by atoms with E-state index >= 15 is 0 Å². The van der Waals surface area contributed by atoms with Crippen LogP contribution in [0.15, 0.2) is 12.1 Å². The number of anilines is 2. The molecule has 102 valence electrons. The largest absolute Gasteiger partial charge is 0.399 e. The van der Waals surface area contributed by atoms with E-state index in [0.29, 0.717) is 22.9 Å². The summed E-state index contributed by atoms with van der Waals surface area (Å²) < 4.78 is 0. The summed E-state index contributed by atoms with van der Waals surface area (Å²) in [6.07, 6.45) is 0. The molecule has 0 aromatic carbocycles. The molecular weight excluding hydrogens is 248 g/mol. The van der Waals surface area contributed by atoms with Gasteiger partial charge in [0.2, 0.25) is 0 Å². The summed E-state index contributed by atoms with van der Waals surface area (Å²) in [6, 6.07) is 4.50. The molecular formula is C13H23ClN4. The number of nitrogens with one attached hydrogen (secondary N) is 1. The summed E-state index contributed by atoms with van der Waals surface area (Å²) >= 11 is 5.85. The Bertz CT molecular complexity index is 351. The number of hydrogen-bond acceptors (Lipinski definition) is 4. The fourth-order valence-corrected chi connectivity index (χ4v) is 2.25. The SMILES string of the molecule is CC(C)N(CCNc1cc(N)cc(Cl)n1)C(C)C. The van der Waals surface area contributed by atoms with Crippen molar-refractivity contribution in [1.29, 1.82) is 0 Å². The zero-order valence-electron chi connectivity index (χ0n) is 11.6. The number of nitrogens with zero attached hydrogens (tertiary/aromatic N) is 2. The number of pyridine rings is 1. The smallest absolute Gasteiger partial charge is 0.133 e. The van der Waals surface area contributed by atoms with Crippen LogP contribution < -0.4 is 11.1 Å². The van der Waals surface area contributed by atoms with Crippen molar-refractivity contribution in [2.75, 3.05) is 24.1 Å². The molecule has 1 heterocycles. The molecule has 0 aliphatic rings. The Balaban J connectivity index is 2.50. The van der Waals surface area contributed by atoms with Crippen LogP contribution in [-0.4, -0.2) is 35.1 Å². The van der Waals surface area contributed by atoms with Gasteiger partial charge in [-0.15, -0.1) is 0 Å². The van der Waals surface area contributed by atoms with Crippen molar-refractivity contribution in [2.45, 2.75) is 39.8 Å². The molecule has 0 radical (unpaired) electrons. The minimum absolute atomic E-state index is 0.419. The Morgan fingerprint density at radius 3 is 2.39 bits per heavy atom. The summed E-state index contributed by atoms with van der Waals surface area (Å²) in [5.74, 6) is 0.729. The van der Waals surface area contributed by atoms with Gasteiger partial charge in [-0.05, 0) is 33.8 Å². The molecule has 0 aliphatic heterocycles. The zero-order valence-corrected chi connectivity index (χ0v) is 12.3. The van der Waals surface area contributed by atoms with Crippen LogP contribution in [-0.2, 0) is 0 Å². The number of nitrogens with two attached hydrogens (primary N) is 1. The van der Waals surface area contributed by atoms with E-state index in [1.54, 1.807) is 12.1 Å². The third-order valence-electron chi connectivity index (χ3n) is 2.82. The standard InChI is InChI=1S/C13H23ClN4/c1-9(2)18(10(3)4)6-5-16-13-8-11(15)7-12(14)17-13/h7-10H,5-6H2,1-4H3,(H3,15,16,17). The molecule has 0 spiro atoms. The highest BCUT2D eigenvalue weighted by molar-refractivity contribution is 6.29. The third kappa shape index (κ3) is 4.70. The number of nitrogen functional groups attached to an aromatic ring is 1. The molecule has 18 heavy (non-hydrogen) atoms. The Labute approximate surface area is 115 Å². The van der Waals surface area contributed by atoms with Gasteiger partial charge in [0, 0.05) is 36.9 Å². The Morgan fingerprint density at radius 1 is 1.28 bits per heavy atom. The summed E-state index contributed by atoms with van der Waals surface area (Å²) in [5, 5.41) is 3.67. The predicted octanol–water partition coefficient (Wildman–Crippen LogP) is 2.85. The lowest BCUT2D eigenvalue weighted by molar-refractivity contribution is 0.182. The van der Waals surface area contributed by atoms with Crippen LogP contribution in [0.25, 0.3) is 0 Å². The lowest BCUT2D eigenvalue weighted by atomic mass is 10.2. The van der Waals surface area contributed by atoms with Crippen molar-refractivity contribution in [3.05, 3.63) is 17.3 Å². The molecule has 0 fully saturated rings. The normalized spacial score (nSPS) is 11.6. The van der Waals surface area contributed by atoms with Crippen molar-refractivity contribution >= 4 is 23.1 Å². The minimum Gasteiger partial charge on any atom is -0.399 e. The summed E-state index contributed by atoms with van der Waals surface area (Å²) in [4.78, 5) is 6.59. The first-order valence-corrected chi connectivity index (χ1v) is 6.70. The molecule has 0 saturated heterocycles. The average molecular weight is 271 g/mol. The van der Waals surface area contributed by atoms with Gasteiger partial charge < -0.3 is 11.1 Å². The van der Waals surface area contributed by atoms with Gasteiger partial charge in [0.25, 0.3) is 0 Å². The van der Waals surface area contributed by atoms with Gasteiger partial charge in [0.1, 0.15) is 11.0 Å². The number of hydrogen-bond donors (Lipinski definition) is 2. The van der Waals surface area contributed by atoms with Crippen molar-refractivity contribution in [2.24, 2.45) is 0 Å². The Hall–Kier alpha value is -1.00. The molecule has 0 bridgehead atoms. The fraction of sp³-hybridized carbons (Fsp3) is 0.615. The summed E-state index contributed by atoms with van der Waals surface area (Å²) in [5.41, 5.74) is 6.34. The van der Waals surface area contributed by atoms with E-state index in [9.17, 15) is 0 Å². The number of halogens is 1. The van der Waals surface area contributed by atoms with Crippen LogP contribution in [0.3, 0.4) is 0 Å². The van der Waals surface area contributed by atoms with Gasteiger partial charge in [-0.1, -0.05) is 11.6 Å². The quantitative estimate of drug-likeness (QED) is 0.781. The van der Waals surface area contributed by atoms with E-state index in [4.69, 9.17) is 17.3 Å². The molecule has 4 nitrogen and oxygen atoms in total. The maximum Gasteiger partial charge on any atom is 0.133 e. The van der Waals surface area contributed by atoms with E-state index < -0.39 is 0 Å². The molecule has 1 rings (SSSR count). The molecule has 3 N–H and O–H groups in total. The monoisotopic (exact) mass is 270 g/mol. The topological polar surface area (TPSA) is 54.2 Å². The van der Waals surface area contributed by atoms with Crippen molar-refractivity contribution < 1.29 is 0 Å². The van der Waals surface area contributed by atoms with Gasteiger partial charge in [0.15, 0.2) is 0 Å². The first-order chi connectivity index (χ1) is 8.40. The molecule has 1 aromatic heterocycles. The highest BCUT2D eigenvalue weighted by atomic mass is 35.5. The predicted molar refractivity (Wildman–Crippen MR) is 79.1 cm³/mol. The maximum atomic E-state index is 5.85. The molecule has 0 saturated carbocycles. The van der Waals surface area contributed by atoms with Crippen LogP contribution in [0.1, 0.15) is 27.7 Å². The second-order valence-electron chi connectivity index (χ2n) is 4.96. The van der Waals surface area contributed by atoms with Gasteiger partial charge in [0.05, 0.1) is 0 Å². The van der Waals surface area contributed by atoms with Crippen LogP contribution in [0.2, 0.25) is 5.15 Å². The van der Waals surface area contributed by atoms with E-state index in [0.717, 1.165) is 18.9 Å². The third-order valence-corrected chi connectivity index (χ3v) is 3.01. The van der Waals surface area contributed by atoms with Crippen LogP contribution in [0.4, 0.5) is 11.5 Å². The lowest BCUT2D eigenvalue weighted by Gasteiger charge is -2.30. The van der Waals surface area contributed by atoms with E-state index in [2.05, 4.69) is 42.9 Å². The van der Waals surface area contributed by atoms with Crippen molar-refractivity contribution in [3.63, 3.8) is 0 Å². The van der Waals surface area contributed by atoms with Crippen molar-refractivity contribution in [1.82, 2.24) is 9.88 Å². The number of rotatable bonds is 6.